The van der Waals surface area contributed by atoms with Crippen LogP contribution in [0, 0.1) is 5.82 Å². The number of carbonyl (C=O) groups is 1. The Kier molecular flexibility index (Phi) is 6.00. The summed E-state index contributed by atoms with van der Waals surface area (Å²) in [7, 11) is -3.57. The Bertz CT molecular complexity index is 1100. The van der Waals surface area contributed by atoms with Crippen molar-refractivity contribution in [3.63, 3.8) is 0 Å². The van der Waals surface area contributed by atoms with Gasteiger partial charge in [0.05, 0.1) is 25.4 Å². The third kappa shape index (κ3) is 4.76. The summed E-state index contributed by atoms with van der Waals surface area (Å²) >= 11 is 13.3. The van der Waals surface area contributed by atoms with Crippen molar-refractivity contribution in [2.45, 2.75) is 17.7 Å². The highest BCUT2D eigenvalue weighted by molar-refractivity contribution is 7.91. The summed E-state index contributed by atoms with van der Waals surface area (Å²) in [5.74, 6) is -1.08. The number of carbonyl (C=O) groups excluding carboxylic acids is 1. The first-order valence-corrected chi connectivity index (χ1v) is 11.0. The summed E-state index contributed by atoms with van der Waals surface area (Å²) in [6, 6.07) is 8.00. The number of thiazole rings is 1. The predicted octanol–water partition coefficient (Wildman–Crippen LogP) is 4.93. The Labute approximate surface area is 169 Å². The number of amides is 1. The summed E-state index contributed by atoms with van der Waals surface area (Å²) in [6.07, 6.45) is 0.133. The standard InChI is InChI=1S/C17H13Cl2FN2O3S2/c18-12-7-8-13-16(15(12)19)22-17(26-13)21-14(23)2-1-9-27(24,25)11-5-3-10(20)4-6-11/h3-8H,1-2,9H2,(H,21,22,23). The number of sulfone groups is 1. The highest BCUT2D eigenvalue weighted by atomic mass is 35.5. The molecule has 1 N–H and O–H groups in total. The van der Waals surface area contributed by atoms with Crippen LogP contribution in [0.1, 0.15) is 12.8 Å². The van der Waals surface area contributed by atoms with Gasteiger partial charge in [0.25, 0.3) is 0 Å². The maximum Gasteiger partial charge on any atom is 0.226 e. The number of halogens is 3. The molecule has 10 heteroatoms. The zero-order valence-corrected chi connectivity index (χ0v) is 16.9. The summed E-state index contributed by atoms with van der Waals surface area (Å²) in [6.45, 7) is 0. The largest absolute Gasteiger partial charge is 0.302 e. The van der Waals surface area contributed by atoms with Crippen molar-refractivity contribution in [3.8, 4) is 0 Å². The second kappa shape index (κ2) is 8.10. The number of anilines is 1. The highest BCUT2D eigenvalue weighted by Gasteiger charge is 2.16. The molecule has 0 saturated carbocycles. The Hall–Kier alpha value is -1.74. The lowest BCUT2D eigenvalue weighted by Gasteiger charge is -2.04. The van der Waals surface area contributed by atoms with Gasteiger partial charge in [-0.3, -0.25) is 4.79 Å². The first-order valence-electron chi connectivity index (χ1n) is 7.79. The van der Waals surface area contributed by atoms with Gasteiger partial charge in [-0.2, -0.15) is 0 Å². The predicted molar refractivity (Wildman–Crippen MR) is 106 cm³/mol. The molecular formula is C17H13Cl2FN2O3S2. The molecule has 1 aromatic heterocycles. The number of aromatic nitrogens is 1. The van der Waals surface area contributed by atoms with E-state index < -0.39 is 15.7 Å². The summed E-state index contributed by atoms with van der Waals surface area (Å²) in [4.78, 5) is 16.3. The van der Waals surface area contributed by atoms with Crippen LogP contribution in [-0.4, -0.2) is 25.1 Å². The topological polar surface area (TPSA) is 76.1 Å². The smallest absolute Gasteiger partial charge is 0.226 e. The number of rotatable bonds is 6. The summed E-state index contributed by atoms with van der Waals surface area (Å²) in [5.41, 5.74) is 0.503. The minimum atomic E-state index is -3.57. The van der Waals surface area contributed by atoms with Crippen molar-refractivity contribution >= 4 is 65.6 Å². The third-order valence-corrected chi connectivity index (χ3v) is 7.23. The maximum absolute atomic E-state index is 12.9. The van der Waals surface area contributed by atoms with Crippen LogP contribution >= 0.6 is 34.5 Å². The summed E-state index contributed by atoms with van der Waals surface area (Å²) in [5, 5.41) is 3.68. The number of nitrogens with one attached hydrogen (secondary N) is 1. The van der Waals surface area contributed by atoms with Gasteiger partial charge in [0.2, 0.25) is 5.91 Å². The van der Waals surface area contributed by atoms with E-state index in [4.69, 9.17) is 23.2 Å². The number of fused-ring (bicyclic) bond motifs is 1. The Morgan fingerprint density at radius 2 is 1.85 bits per heavy atom. The van der Waals surface area contributed by atoms with E-state index in [-0.39, 0.29) is 29.4 Å². The molecule has 1 heterocycles. The van der Waals surface area contributed by atoms with Crippen molar-refractivity contribution < 1.29 is 17.6 Å². The van der Waals surface area contributed by atoms with Gasteiger partial charge in [-0.25, -0.2) is 17.8 Å². The van der Waals surface area contributed by atoms with Gasteiger partial charge in [0, 0.05) is 6.42 Å². The van der Waals surface area contributed by atoms with Crippen LogP contribution in [0.5, 0.6) is 0 Å². The van der Waals surface area contributed by atoms with Crippen molar-refractivity contribution in [2.75, 3.05) is 11.1 Å². The molecule has 142 valence electrons. The number of benzene rings is 2. The van der Waals surface area contributed by atoms with Gasteiger partial charge >= 0.3 is 0 Å². The van der Waals surface area contributed by atoms with Crippen molar-refractivity contribution in [1.29, 1.82) is 0 Å². The quantitative estimate of drug-likeness (QED) is 0.544. The lowest BCUT2D eigenvalue weighted by Crippen LogP contribution is -2.14. The van der Waals surface area contributed by atoms with Crippen LogP contribution in [0.15, 0.2) is 41.3 Å². The van der Waals surface area contributed by atoms with E-state index in [1.165, 1.54) is 23.5 Å². The van der Waals surface area contributed by atoms with Crippen LogP contribution in [0.3, 0.4) is 0 Å². The summed E-state index contributed by atoms with van der Waals surface area (Å²) < 4.78 is 38.0. The number of hydrogen-bond acceptors (Lipinski definition) is 5. The minimum Gasteiger partial charge on any atom is -0.302 e. The molecule has 0 aliphatic carbocycles. The average Bonchev–Trinajstić information content (AvgIpc) is 3.01. The first-order chi connectivity index (χ1) is 12.8. The van der Waals surface area contributed by atoms with Gasteiger partial charge in [-0.15, -0.1) is 0 Å². The second-order valence-electron chi connectivity index (χ2n) is 5.65. The van der Waals surface area contributed by atoms with E-state index in [1.807, 2.05) is 0 Å². The van der Waals surface area contributed by atoms with Gasteiger partial charge in [-0.05, 0) is 42.8 Å². The fourth-order valence-corrected chi connectivity index (χ4v) is 4.97. The molecule has 0 spiro atoms. The normalized spacial score (nSPS) is 11.7. The van der Waals surface area contributed by atoms with E-state index in [0.717, 1.165) is 16.8 Å². The fourth-order valence-electron chi connectivity index (χ4n) is 2.36. The average molecular weight is 447 g/mol. The van der Waals surface area contributed by atoms with Crippen LogP contribution < -0.4 is 5.32 Å². The molecule has 27 heavy (non-hydrogen) atoms. The van der Waals surface area contributed by atoms with Crippen LogP contribution in [-0.2, 0) is 14.6 Å². The monoisotopic (exact) mass is 446 g/mol. The fraction of sp³-hybridized carbons (Fsp3) is 0.176. The minimum absolute atomic E-state index is 0.00480. The van der Waals surface area contributed by atoms with Gasteiger partial charge < -0.3 is 5.32 Å². The molecule has 0 unspecified atom stereocenters. The van der Waals surface area contributed by atoms with E-state index in [0.29, 0.717) is 20.7 Å². The lowest BCUT2D eigenvalue weighted by atomic mass is 10.3. The SMILES string of the molecule is O=C(CCCS(=O)(=O)c1ccc(F)cc1)Nc1nc2c(Cl)c(Cl)ccc2s1. The lowest BCUT2D eigenvalue weighted by molar-refractivity contribution is -0.116. The Morgan fingerprint density at radius 1 is 1.15 bits per heavy atom. The van der Waals surface area contributed by atoms with Gasteiger partial charge in [0.1, 0.15) is 11.3 Å². The molecule has 1 amide bonds. The molecule has 2 aromatic carbocycles. The van der Waals surface area contributed by atoms with Crippen molar-refractivity contribution in [2.24, 2.45) is 0 Å². The van der Waals surface area contributed by atoms with Crippen molar-refractivity contribution in [1.82, 2.24) is 4.98 Å². The highest BCUT2D eigenvalue weighted by Crippen LogP contribution is 2.35. The molecule has 0 fully saturated rings. The van der Waals surface area contributed by atoms with E-state index in [1.54, 1.807) is 12.1 Å². The zero-order valence-electron chi connectivity index (χ0n) is 13.7. The van der Waals surface area contributed by atoms with E-state index in [9.17, 15) is 17.6 Å². The molecule has 0 saturated heterocycles. The van der Waals surface area contributed by atoms with Gasteiger partial charge in [-0.1, -0.05) is 34.5 Å². The number of nitrogens with zero attached hydrogens (tertiary/aromatic N) is 1. The molecule has 0 atom stereocenters. The third-order valence-electron chi connectivity index (χ3n) is 3.69. The Balaban J connectivity index is 1.58. The number of hydrogen-bond donors (Lipinski definition) is 1. The molecule has 5 nitrogen and oxygen atoms in total. The molecule has 0 bridgehead atoms. The van der Waals surface area contributed by atoms with Gasteiger partial charge in [0.15, 0.2) is 15.0 Å². The molecule has 0 aliphatic rings. The van der Waals surface area contributed by atoms with Crippen LogP contribution in [0.2, 0.25) is 10.0 Å². The molecule has 0 radical (unpaired) electrons. The Morgan fingerprint density at radius 3 is 2.56 bits per heavy atom. The van der Waals surface area contributed by atoms with Crippen LogP contribution in [0.4, 0.5) is 9.52 Å². The molecule has 3 rings (SSSR count). The zero-order chi connectivity index (χ0) is 19.6. The molecule has 0 aliphatic heterocycles. The first kappa shape index (κ1) is 20.0. The van der Waals surface area contributed by atoms with Crippen LogP contribution in [0.25, 0.3) is 10.2 Å². The van der Waals surface area contributed by atoms with Crippen molar-refractivity contribution in [3.05, 3.63) is 52.3 Å². The second-order valence-corrected chi connectivity index (χ2v) is 9.58. The molecule has 3 aromatic rings. The van der Waals surface area contributed by atoms with E-state index >= 15 is 0 Å². The molecular weight excluding hydrogens is 434 g/mol. The maximum atomic E-state index is 12.9. The van der Waals surface area contributed by atoms with E-state index in [2.05, 4.69) is 10.3 Å².